The van der Waals surface area contributed by atoms with E-state index in [-0.39, 0.29) is 29.3 Å². The van der Waals surface area contributed by atoms with Crippen LogP contribution in [0.1, 0.15) is 57.0 Å². The minimum absolute atomic E-state index is 0.0880. The number of benzene rings is 1. The Morgan fingerprint density at radius 1 is 1.20 bits per heavy atom. The van der Waals surface area contributed by atoms with Gasteiger partial charge in [-0.15, -0.1) is 0 Å². The summed E-state index contributed by atoms with van der Waals surface area (Å²) in [6.07, 6.45) is 1.37. The van der Waals surface area contributed by atoms with Crippen molar-refractivity contribution in [3.05, 3.63) is 28.4 Å². The molecule has 162 valence electrons. The van der Waals surface area contributed by atoms with Crippen molar-refractivity contribution in [3.8, 4) is 0 Å². The van der Waals surface area contributed by atoms with Crippen LogP contribution in [-0.4, -0.2) is 39.5 Å². The molecular formula is C21H26BrN3O5. The number of carboxylic acid groups (broad SMARTS) is 1. The molecule has 1 fully saturated rings. The van der Waals surface area contributed by atoms with Gasteiger partial charge in [0.2, 0.25) is 11.7 Å². The second-order valence-corrected chi connectivity index (χ2v) is 9.54. The first-order chi connectivity index (χ1) is 14.0. The van der Waals surface area contributed by atoms with Crippen LogP contribution in [0.3, 0.4) is 0 Å². The summed E-state index contributed by atoms with van der Waals surface area (Å²) < 4.78 is 6.31. The first-order valence-electron chi connectivity index (χ1n) is 9.84. The smallest absolute Gasteiger partial charge is 0.407 e. The van der Waals surface area contributed by atoms with Crippen LogP contribution in [-0.2, 0) is 4.79 Å². The highest BCUT2D eigenvalue weighted by Crippen LogP contribution is 2.35. The molecule has 2 aromatic rings. The van der Waals surface area contributed by atoms with Gasteiger partial charge in [-0.1, -0.05) is 15.9 Å². The standard InChI is InChI=1S/C21H26BrN3O5/c1-21(2,3)25(20(28)29)13-7-4-11(5-8-13)19(27)24-16-14-10-12(22)6-9-15(14)30-17(16)18(23)26/h6,9-11,13H,4-5,7-8H2,1-3H3,(H2,23,26)(H,24,27)(H,28,29). The molecule has 1 aliphatic carbocycles. The molecule has 1 saturated carbocycles. The van der Waals surface area contributed by atoms with E-state index in [1.165, 1.54) is 4.90 Å². The van der Waals surface area contributed by atoms with E-state index in [1.54, 1.807) is 18.2 Å². The van der Waals surface area contributed by atoms with Crippen LogP contribution in [0.25, 0.3) is 11.0 Å². The maximum absolute atomic E-state index is 12.9. The van der Waals surface area contributed by atoms with E-state index in [4.69, 9.17) is 10.2 Å². The lowest BCUT2D eigenvalue weighted by atomic mass is 9.83. The summed E-state index contributed by atoms with van der Waals surface area (Å²) in [6, 6.07) is 5.09. The number of nitrogens with one attached hydrogen (secondary N) is 1. The average Bonchev–Trinajstić information content (AvgIpc) is 2.99. The van der Waals surface area contributed by atoms with Gasteiger partial charge in [-0.3, -0.25) is 9.59 Å². The zero-order chi connectivity index (χ0) is 22.2. The van der Waals surface area contributed by atoms with Gasteiger partial charge in [0.1, 0.15) is 11.3 Å². The van der Waals surface area contributed by atoms with Crippen LogP contribution in [0.15, 0.2) is 27.1 Å². The molecule has 0 saturated heterocycles. The van der Waals surface area contributed by atoms with Gasteiger partial charge < -0.3 is 25.5 Å². The fourth-order valence-corrected chi connectivity index (χ4v) is 4.54. The van der Waals surface area contributed by atoms with Crippen molar-refractivity contribution in [2.45, 2.75) is 58.0 Å². The third-order valence-electron chi connectivity index (χ3n) is 5.48. The number of nitrogens with two attached hydrogens (primary N) is 1. The number of hydrogen-bond donors (Lipinski definition) is 3. The fraction of sp³-hybridized carbons (Fsp3) is 0.476. The Labute approximate surface area is 182 Å². The fourth-order valence-electron chi connectivity index (χ4n) is 4.18. The maximum atomic E-state index is 12.9. The van der Waals surface area contributed by atoms with E-state index in [2.05, 4.69) is 21.2 Å². The van der Waals surface area contributed by atoms with Gasteiger partial charge in [-0.25, -0.2) is 4.79 Å². The molecule has 1 aromatic heterocycles. The zero-order valence-electron chi connectivity index (χ0n) is 17.2. The lowest BCUT2D eigenvalue weighted by molar-refractivity contribution is -0.121. The number of fused-ring (bicyclic) bond motifs is 1. The largest absolute Gasteiger partial charge is 0.465 e. The van der Waals surface area contributed by atoms with Crippen molar-refractivity contribution < 1.29 is 23.9 Å². The molecule has 3 rings (SSSR count). The molecule has 0 spiro atoms. The molecule has 30 heavy (non-hydrogen) atoms. The summed E-state index contributed by atoms with van der Waals surface area (Å²) in [5.74, 6) is -1.36. The molecule has 0 aliphatic heterocycles. The van der Waals surface area contributed by atoms with E-state index in [0.29, 0.717) is 36.7 Å². The van der Waals surface area contributed by atoms with Gasteiger partial charge in [0.15, 0.2) is 0 Å². The quantitative estimate of drug-likeness (QED) is 0.591. The lowest BCUT2D eigenvalue weighted by Crippen LogP contribution is -2.52. The Bertz CT molecular complexity index is 986. The number of carbonyl (C=O) groups excluding carboxylic acids is 2. The van der Waals surface area contributed by atoms with Gasteiger partial charge in [-0.05, 0) is 64.7 Å². The third kappa shape index (κ3) is 4.45. The highest BCUT2D eigenvalue weighted by molar-refractivity contribution is 9.10. The van der Waals surface area contributed by atoms with Crippen LogP contribution in [0.2, 0.25) is 0 Å². The summed E-state index contributed by atoms with van der Waals surface area (Å²) in [7, 11) is 0. The summed E-state index contributed by atoms with van der Waals surface area (Å²) in [5, 5.41) is 13.0. The van der Waals surface area contributed by atoms with Crippen molar-refractivity contribution in [2.24, 2.45) is 11.7 Å². The van der Waals surface area contributed by atoms with Crippen molar-refractivity contribution >= 4 is 50.5 Å². The molecule has 0 unspecified atom stereocenters. The van der Waals surface area contributed by atoms with Gasteiger partial charge >= 0.3 is 6.09 Å². The number of carbonyl (C=O) groups is 3. The second kappa shape index (κ2) is 8.29. The van der Waals surface area contributed by atoms with Crippen LogP contribution in [0.5, 0.6) is 0 Å². The van der Waals surface area contributed by atoms with Crippen LogP contribution < -0.4 is 11.1 Å². The number of hydrogen-bond acceptors (Lipinski definition) is 4. The van der Waals surface area contributed by atoms with Crippen LogP contribution in [0, 0.1) is 5.92 Å². The Hall–Kier alpha value is -2.55. The minimum atomic E-state index is -0.947. The first kappa shape index (κ1) is 22.1. The molecule has 0 radical (unpaired) electrons. The Kier molecular flexibility index (Phi) is 6.12. The summed E-state index contributed by atoms with van der Waals surface area (Å²) in [6.45, 7) is 5.61. The Morgan fingerprint density at radius 3 is 2.37 bits per heavy atom. The number of amides is 3. The maximum Gasteiger partial charge on any atom is 0.407 e. The van der Waals surface area contributed by atoms with Gasteiger partial charge in [0, 0.05) is 27.4 Å². The predicted octanol–water partition coefficient (Wildman–Crippen LogP) is 4.57. The highest BCUT2D eigenvalue weighted by atomic mass is 79.9. The molecule has 0 bridgehead atoms. The van der Waals surface area contributed by atoms with E-state index >= 15 is 0 Å². The molecular weight excluding hydrogens is 454 g/mol. The van der Waals surface area contributed by atoms with E-state index in [0.717, 1.165) is 4.47 Å². The molecule has 4 N–H and O–H groups in total. The minimum Gasteiger partial charge on any atom is -0.465 e. The van der Waals surface area contributed by atoms with E-state index in [9.17, 15) is 19.5 Å². The molecule has 1 aliphatic rings. The topological polar surface area (TPSA) is 126 Å². The second-order valence-electron chi connectivity index (χ2n) is 8.63. The van der Waals surface area contributed by atoms with Crippen LogP contribution in [0.4, 0.5) is 10.5 Å². The normalized spacial score (nSPS) is 19.5. The van der Waals surface area contributed by atoms with Crippen molar-refractivity contribution in [1.82, 2.24) is 4.90 Å². The van der Waals surface area contributed by atoms with Crippen molar-refractivity contribution in [3.63, 3.8) is 0 Å². The molecule has 1 aromatic carbocycles. The number of rotatable bonds is 4. The number of furan rings is 1. The highest BCUT2D eigenvalue weighted by Gasteiger charge is 2.37. The molecule has 8 nitrogen and oxygen atoms in total. The van der Waals surface area contributed by atoms with Gasteiger partial charge in [0.05, 0.1) is 0 Å². The zero-order valence-corrected chi connectivity index (χ0v) is 18.8. The van der Waals surface area contributed by atoms with E-state index < -0.39 is 17.5 Å². The number of anilines is 1. The van der Waals surface area contributed by atoms with Crippen molar-refractivity contribution in [2.75, 3.05) is 5.32 Å². The molecule has 1 heterocycles. The summed E-state index contributed by atoms with van der Waals surface area (Å²) in [4.78, 5) is 37.9. The summed E-state index contributed by atoms with van der Waals surface area (Å²) in [5.41, 5.74) is 5.65. The lowest BCUT2D eigenvalue weighted by Gasteiger charge is -2.42. The SMILES string of the molecule is CC(C)(C)N(C(=O)O)C1CCC(C(=O)Nc2c(C(N)=O)oc3ccc(Br)cc23)CC1. The van der Waals surface area contributed by atoms with Gasteiger partial charge in [-0.2, -0.15) is 0 Å². The van der Waals surface area contributed by atoms with Gasteiger partial charge in [0.25, 0.3) is 5.91 Å². The van der Waals surface area contributed by atoms with E-state index in [1.807, 2.05) is 20.8 Å². The number of halogens is 1. The monoisotopic (exact) mass is 479 g/mol. The Morgan fingerprint density at radius 2 is 1.83 bits per heavy atom. The molecule has 0 atom stereocenters. The Balaban J connectivity index is 1.76. The molecule has 9 heteroatoms. The summed E-state index contributed by atoms with van der Waals surface area (Å²) >= 11 is 3.38. The number of nitrogens with zero attached hydrogens (tertiary/aromatic N) is 1. The number of primary amides is 1. The first-order valence-corrected chi connectivity index (χ1v) is 10.6. The van der Waals surface area contributed by atoms with Crippen LogP contribution >= 0.6 is 15.9 Å². The molecule has 3 amide bonds. The average molecular weight is 480 g/mol. The third-order valence-corrected chi connectivity index (χ3v) is 5.98. The van der Waals surface area contributed by atoms with Crippen molar-refractivity contribution in [1.29, 1.82) is 0 Å². The predicted molar refractivity (Wildman–Crippen MR) is 116 cm³/mol.